The van der Waals surface area contributed by atoms with E-state index in [0.29, 0.717) is 31.7 Å². The van der Waals surface area contributed by atoms with Gasteiger partial charge in [0.05, 0.1) is 13.2 Å². The van der Waals surface area contributed by atoms with E-state index in [1.165, 1.54) is 12.8 Å². The van der Waals surface area contributed by atoms with Gasteiger partial charge < -0.3 is 19.9 Å². The average molecular weight is 259 g/mol. The van der Waals surface area contributed by atoms with Gasteiger partial charge in [-0.2, -0.15) is 0 Å². The lowest BCUT2D eigenvalue weighted by atomic mass is 9.85. The van der Waals surface area contributed by atoms with Crippen LogP contribution in [-0.4, -0.2) is 50.1 Å². The molecule has 1 saturated carbocycles. The van der Waals surface area contributed by atoms with Gasteiger partial charge in [-0.1, -0.05) is 12.8 Å². The molecule has 5 nitrogen and oxygen atoms in total. The molecular formula is C13H25NO4. The van der Waals surface area contributed by atoms with Gasteiger partial charge in [0, 0.05) is 19.2 Å². The Morgan fingerprint density at radius 3 is 2.89 bits per heavy atom. The summed E-state index contributed by atoms with van der Waals surface area (Å²) >= 11 is 0. The van der Waals surface area contributed by atoms with Crippen molar-refractivity contribution < 1.29 is 19.4 Å². The number of hydrogen-bond donors (Lipinski definition) is 2. The summed E-state index contributed by atoms with van der Waals surface area (Å²) < 4.78 is 9.96. The summed E-state index contributed by atoms with van der Waals surface area (Å²) in [6.07, 6.45) is 4.64. The summed E-state index contributed by atoms with van der Waals surface area (Å²) in [6.45, 7) is 3.64. The Balaban J connectivity index is 2.04. The number of ether oxygens (including phenoxy) is 2. The lowest BCUT2D eigenvalue weighted by molar-refractivity contribution is -0.148. The van der Waals surface area contributed by atoms with Gasteiger partial charge in [0.15, 0.2) is 0 Å². The van der Waals surface area contributed by atoms with E-state index in [0.717, 1.165) is 12.8 Å². The first-order valence-electron chi connectivity index (χ1n) is 6.85. The monoisotopic (exact) mass is 259 g/mol. The highest BCUT2D eigenvalue weighted by Crippen LogP contribution is 2.23. The largest absolute Gasteiger partial charge is 0.464 e. The zero-order chi connectivity index (χ0) is 13.2. The smallest absolute Gasteiger partial charge is 0.332 e. The van der Waals surface area contributed by atoms with Gasteiger partial charge in [0.1, 0.15) is 6.61 Å². The fourth-order valence-corrected chi connectivity index (χ4v) is 2.37. The summed E-state index contributed by atoms with van der Waals surface area (Å²) in [7, 11) is 0. The number of esters is 1. The minimum absolute atomic E-state index is 0.0175. The highest BCUT2D eigenvalue weighted by molar-refractivity contribution is 5.70. The van der Waals surface area contributed by atoms with Gasteiger partial charge >= 0.3 is 5.97 Å². The molecule has 2 unspecified atom stereocenters. The molecule has 0 aromatic rings. The van der Waals surface area contributed by atoms with E-state index in [9.17, 15) is 9.90 Å². The maximum atomic E-state index is 11.0. The number of hydrogen-bond acceptors (Lipinski definition) is 5. The highest BCUT2D eigenvalue weighted by Gasteiger charge is 2.23. The standard InChI is InChI=1S/C13H25NO4/c1-2-18-13(16)10-17-8-7-14-12-6-4-3-5-11(12)9-15/h11-12,14-15H,2-10H2,1H3. The number of nitrogens with one attached hydrogen (secondary N) is 1. The van der Waals surface area contributed by atoms with Crippen LogP contribution in [-0.2, 0) is 14.3 Å². The second-order valence-corrected chi connectivity index (χ2v) is 4.65. The van der Waals surface area contributed by atoms with Crippen molar-refractivity contribution in [2.45, 2.75) is 38.6 Å². The summed E-state index contributed by atoms with van der Waals surface area (Å²) in [6, 6.07) is 0.384. The van der Waals surface area contributed by atoms with Crippen LogP contribution in [0.2, 0.25) is 0 Å². The first kappa shape index (κ1) is 15.4. The third-order valence-corrected chi connectivity index (χ3v) is 3.32. The van der Waals surface area contributed by atoms with Crippen molar-refractivity contribution in [3.8, 4) is 0 Å². The fraction of sp³-hybridized carbons (Fsp3) is 0.923. The van der Waals surface area contributed by atoms with Crippen molar-refractivity contribution in [1.29, 1.82) is 0 Å². The number of carbonyl (C=O) groups is 1. The predicted molar refractivity (Wildman–Crippen MR) is 68.3 cm³/mol. The maximum Gasteiger partial charge on any atom is 0.332 e. The molecule has 0 radical (unpaired) electrons. The molecule has 5 heteroatoms. The van der Waals surface area contributed by atoms with Gasteiger partial charge in [-0.3, -0.25) is 0 Å². The average Bonchev–Trinajstić information content (AvgIpc) is 2.39. The minimum atomic E-state index is -0.316. The number of aliphatic hydroxyl groups excluding tert-OH is 1. The molecule has 0 amide bonds. The molecule has 1 fully saturated rings. The Morgan fingerprint density at radius 1 is 1.39 bits per heavy atom. The van der Waals surface area contributed by atoms with Crippen molar-refractivity contribution >= 4 is 5.97 Å². The van der Waals surface area contributed by atoms with Crippen LogP contribution in [0.3, 0.4) is 0 Å². The molecule has 2 N–H and O–H groups in total. The van der Waals surface area contributed by atoms with E-state index in [1.54, 1.807) is 6.92 Å². The summed E-state index contributed by atoms with van der Waals surface area (Å²) in [4.78, 5) is 11.0. The second-order valence-electron chi connectivity index (χ2n) is 4.65. The zero-order valence-electron chi connectivity index (χ0n) is 11.2. The van der Waals surface area contributed by atoms with Crippen molar-refractivity contribution in [3.63, 3.8) is 0 Å². The van der Waals surface area contributed by atoms with Crippen molar-refractivity contribution in [1.82, 2.24) is 5.32 Å². The SMILES string of the molecule is CCOC(=O)COCCNC1CCCCC1CO. The second kappa shape index (κ2) is 9.30. The minimum Gasteiger partial charge on any atom is -0.464 e. The molecule has 0 bridgehead atoms. The third kappa shape index (κ3) is 5.80. The molecule has 2 atom stereocenters. The Labute approximate surface area is 109 Å². The van der Waals surface area contributed by atoms with Crippen LogP contribution in [0.5, 0.6) is 0 Å². The summed E-state index contributed by atoms with van der Waals surface area (Å²) in [5, 5.41) is 12.7. The summed E-state index contributed by atoms with van der Waals surface area (Å²) in [5.41, 5.74) is 0. The lowest BCUT2D eigenvalue weighted by Gasteiger charge is -2.31. The van der Waals surface area contributed by atoms with Crippen LogP contribution in [0.4, 0.5) is 0 Å². The molecule has 0 heterocycles. The highest BCUT2D eigenvalue weighted by atomic mass is 16.6. The van der Waals surface area contributed by atoms with E-state index in [4.69, 9.17) is 9.47 Å². The fourth-order valence-electron chi connectivity index (χ4n) is 2.37. The molecule has 0 spiro atoms. The van der Waals surface area contributed by atoms with E-state index < -0.39 is 0 Å². The normalized spacial score (nSPS) is 23.9. The molecule has 18 heavy (non-hydrogen) atoms. The zero-order valence-corrected chi connectivity index (χ0v) is 11.2. The van der Waals surface area contributed by atoms with Crippen LogP contribution in [0.1, 0.15) is 32.6 Å². The Hall–Kier alpha value is -0.650. The molecule has 0 aromatic carbocycles. The summed E-state index contributed by atoms with van der Waals surface area (Å²) in [5.74, 6) is 0.0483. The maximum absolute atomic E-state index is 11.0. The number of rotatable bonds is 8. The quantitative estimate of drug-likeness (QED) is 0.496. The first-order valence-corrected chi connectivity index (χ1v) is 6.85. The van der Waals surface area contributed by atoms with Gasteiger partial charge in [-0.15, -0.1) is 0 Å². The van der Waals surface area contributed by atoms with Crippen LogP contribution < -0.4 is 5.32 Å². The topological polar surface area (TPSA) is 67.8 Å². The van der Waals surface area contributed by atoms with Crippen molar-refractivity contribution in [2.24, 2.45) is 5.92 Å². The molecule has 106 valence electrons. The Morgan fingerprint density at radius 2 is 2.17 bits per heavy atom. The molecule has 0 aromatic heterocycles. The van der Waals surface area contributed by atoms with Gasteiger partial charge in [0.25, 0.3) is 0 Å². The van der Waals surface area contributed by atoms with E-state index >= 15 is 0 Å². The number of aliphatic hydroxyl groups is 1. The van der Waals surface area contributed by atoms with E-state index in [-0.39, 0.29) is 19.2 Å². The van der Waals surface area contributed by atoms with E-state index in [2.05, 4.69) is 5.32 Å². The van der Waals surface area contributed by atoms with E-state index in [1.807, 2.05) is 0 Å². The van der Waals surface area contributed by atoms with Crippen LogP contribution >= 0.6 is 0 Å². The van der Waals surface area contributed by atoms with Gasteiger partial charge in [-0.25, -0.2) is 4.79 Å². The van der Waals surface area contributed by atoms with Crippen molar-refractivity contribution in [2.75, 3.05) is 33.0 Å². The lowest BCUT2D eigenvalue weighted by Crippen LogP contribution is -2.41. The Bertz CT molecular complexity index is 235. The molecule has 1 aliphatic carbocycles. The Kier molecular flexibility index (Phi) is 7.96. The molecule has 1 aliphatic rings. The molecule has 0 saturated heterocycles. The molecular weight excluding hydrogens is 234 g/mol. The van der Waals surface area contributed by atoms with Crippen molar-refractivity contribution in [3.05, 3.63) is 0 Å². The number of carbonyl (C=O) groups excluding carboxylic acids is 1. The van der Waals surface area contributed by atoms with Gasteiger partial charge in [0.2, 0.25) is 0 Å². The predicted octanol–water partition coefficient (Wildman–Crippen LogP) is 0.707. The molecule has 0 aliphatic heterocycles. The van der Waals surface area contributed by atoms with Gasteiger partial charge in [-0.05, 0) is 25.7 Å². The van der Waals surface area contributed by atoms with Crippen LogP contribution in [0.25, 0.3) is 0 Å². The van der Waals surface area contributed by atoms with Crippen LogP contribution in [0.15, 0.2) is 0 Å². The third-order valence-electron chi connectivity index (χ3n) is 3.32. The first-order chi connectivity index (χ1) is 8.77. The van der Waals surface area contributed by atoms with Crippen LogP contribution in [0, 0.1) is 5.92 Å². The molecule has 1 rings (SSSR count).